The number of aliphatic hydroxyl groups is 1. The third-order valence-corrected chi connectivity index (χ3v) is 7.83. The third-order valence-electron chi connectivity index (χ3n) is 6.65. The molecule has 1 aromatic rings. The van der Waals surface area contributed by atoms with E-state index in [2.05, 4.69) is 35.6 Å². The lowest BCUT2D eigenvalue weighted by atomic mass is 9.55. The normalized spacial score (nSPS) is 44.8. The number of aryl methyl sites for hydroxylation is 1. The smallest absolute Gasteiger partial charge is 0.115 e. The van der Waals surface area contributed by atoms with Crippen molar-refractivity contribution < 1.29 is 10.2 Å². The molecular weight excluding hydrogens is 371 g/mol. The van der Waals surface area contributed by atoms with Crippen molar-refractivity contribution in [3.05, 3.63) is 29.3 Å². The highest BCUT2D eigenvalue weighted by Gasteiger charge is 2.57. The average Bonchev–Trinajstić information content (AvgIpc) is 2.70. The number of halogens is 1. The highest BCUT2D eigenvalue weighted by molar-refractivity contribution is 14.1. The van der Waals surface area contributed by atoms with Crippen LogP contribution in [-0.2, 0) is 6.42 Å². The van der Waals surface area contributed by atoms with Gasteiger partial charge >= 0.3 is 0 Å². The first kappa shape index (κ1) is 14.3. The number of fused-ring (bicyclic) bond motifs is 5. The molecule has 1 aromatic carbocycles. The van der Waals surface area contributed by atoms with Gasteiger partial charge in [-0.25, -0.2) is 0 Å². The van der Waals surface area contributed by atoms with E-state index in [-0.39, 0.29) is 11.5 Å². The lowest BCUT2D eigenvalue weighted by molar-refractivity contribution is -0.0208. The predicted octanol–water partition coefficient (Wildman–Crippen LogP) is 4.02. The molecule has 6 atom stereocenters. The highest BCUT2D eigenvalue weighted by atomic mass is 123. The van der Waals surface area contributed by atoms with Crippen LogP contribution in [-0.4, -0.2) is 20.2 Å². The van der Waals surface area contributed by atoms with Gasteiger partial charge in [0.2, 0.25) is 0 Å². The summed E-state index contributed by atoms with van der Waals surface area (Å²) in [6, 6.07) is 5.96. The van der Waals surface area contributed by atoms with Crippen LogP contribution in [0, 0.1) is 17.3 Å². The Kier molecular flexibility index (Phi) is 3.31. The fourth-order valence-corrected chi connectivity index (χ4v) is 6.88. The van der Waals surface area contributed by atoms with Gasteiger partial charge in [0, 0.05) is 3.92 Å². The Hall–Kier alpha value is -0.290. The van der Waals surface area contributed by atoms with Crippen molar-refractivity contribution in [2.24, 2.45) is 17.3 Å². The van der Waals surface area contributed by atoms with E-state index in [4.69, 9.17) is 0 Å². The van der Waals surface area contributed by atoms with Crippen LogP contribution < -0.4 is 0 Å². The van der Waals surface area contributed by atoms with Crippen LogP contribution in [0.2, 0.25) is 0 Å². The average molecular weight is 394 g/mol. The minimum atomic E-state index is -0.134. The largest absolute Gasteiger partial charge is 0.508 e. The number of hydrogen-bond donors (Lipinski definition) is 2. The number of phenols is 1. The van der Waals surface area contributed by atoms with E-state index in [9.17, 15) is 10.2 Å². The summed E-state index contributed by atoms with van der Waals surface area (Å²) in [4.78, 5) is 0. The molecule has 0 heterocycles. The molecule has 2 N–H and O–H groups in total. The van der Waals surface area contributed by atoms with Crippen LogP contribution in [0.15, 0.2) is 18.2 Å². The molecule has 0 amide bonds. The first-order valence-corrected chi connectivity index (χ1v) is 9.39. The quantitative estimate of drug-likeness (QED) is 0.516. The molecule has 2 nitrogen and oxygen atoms in total. The Bertz CT molecular complexity index is 572. The van der Waals surface area contributed by atoms with Crippen LogP contribution in [0.3, 0.4) is 0 Å². The highest BCUT2D eigenvalue weighted by Crippen LogP contribution is 2.62. The van der Waals surface area contributed by atoms with Crippen molar-refractivity contribution in [3.8, 4) is 5.75 Å². The molecule has 0 aliphatic heterocycles. The zero-order chi connectivity index (χ0) is 14.8. The van der Waals surface area contributed by atoms with E-state index in [0.717, 1.165) is 18.8 Å². The Balaban J connectivity index is 1.71. The van der Waals surface area contributed by atoms with Gasteiger partial charge in [0.1, 0.15) is 5.75 Å². The standard InChI is InChI=1S/C18H23IO2/c1-18-7-6-13-12-5-3-11(20)8-10(12)2-4-14(13)15(18)9-16(19)17(18)21/h3,5,8,13-17,20-21H,2,4,6-7,9H2,1H3/i19-4. The second-order valence-electron chi connectivity index (χ2n) is 7.54. The molecule has 3 heteroatoms. The van der Waals surface area contributed by atoms with E-state index in [1.807, 2.05) is 12.1 Å². The van der Waals surface area contributed by atoms with Gasteiger partial charge in [-0.15, -0.1) is 0 Å². The maximum atomic E-state index is 10.6. The second kappa shape index (κ2) is 4.85. The van der Waals surface area contributed by atoms with Crippen molar-refractivity contribution in [2.75, 3.05) is 0 Å². The van der Waals surface area contributed by atoms with E-state index in [1.54, 1.807) is 0 Å². The summed E-state index contributed by atoms with van der Waals surface area (Å²) in [6.07, 6.45) is 5.67. The monoisotopic (exact) mass is 394 g/mol. The molecule has 0 bridgehead atoms. The lowest BCUT2D eigenvalue weighted by Crippen LogP contribution is -2.44. The summed E-state index contributed by atoms with van der Waals surface area (Å²) in [5, 5.41) is 20.3. The van der Waals surface area contributed by atoms with Crippen molar-refractivity contribution >= 4 is 22.6 Å². The van der Waals surface area contributed by atoms with Crippen LogP contribution in [0.5, 0.6) is 5.75 Å². The number of hydrogen-bond acceptors (Lipinski definition) is 2. The van der Waals surface area contributed by atoms with Crippen molar-refractivity contribution in [1.82, 2.24) is 0 Å². The van der Waals surface area contributed by atoms with E-state index in [1.165, 1.54) is 30.4 Å². The van der Waals surface area contributed by atoms with Gasteiger partial charge < -0.3 is 10.2 Å². The van der Waals surface area contributed by atoms with Gasteiger partial charge in [-0.1, -0.05) is 35.6 Å². The molecule has 0 aromatic heterocycles. The fourth-order valence-electron chi connectivity index (χ4n) is 5.51. The molecule has 0 saturated heterocycles. The predicted molar refractivity (Wildman–Crippen MR) is 91.9 cm³/mol. The molecule has 114 valence electrons. The summed E-state index contributed by atoms with van der Waals surface area (Å²) < 4.78 is 0.414. The summed E-state index contributed by atoms with van der Waals surface area (Å²) in [5.74, 6) is 2.42. The summed E-state index contributed by atoms with van der Waals surface area (Å²) in [7, 11) is 0. The molecule has 6 unspecified atom stereocenters. The minimum Gasteiger partial charge on any atom is -0.508 e. The van der Waals surface area contributed by atoms with Crippen LogP contribution in [0.4, 0.5) is 0 Å². The maximum Gasteiger partial charge on any atom is 0.115 e. The van der Waals surface area contributed by atoms with Crippen LogP contribution in [0.1, 0.15) is 49.7 Å². The van der Waals surface area contributed by atoms with Crippen molar-refractivity contribution in [1.29, 1.82) is 0 Å². The number of aromatic hydroxyl groups is 1. The lowest BCUT2D eigenvalue weighted by Gasteiger charge is -2.50. The Labute approximate surface area is 140 Å². The molecular formula is C18H23IO2. The van der Waals surface area contributed by atoms with Gasteiger partial charge in [0.15, 0.2) is 0 Å². The Morgan fingerprint density at radius 1 is 1.29 bits per heavy atom. The summed E-state index contributed by atoms with van der Waals surface area (Å²) in [5.41, 5.74) is 2.95. The zero-order valence-corrected chi connectivity index (χ0v) is 14.6. The molecule has 0 radical (unpaired) electrons. The van der Waals surface area contributed by atoms with Gasteiger partial charge in [0.25, 0.3) is 0 Å². The maximum absolute atomic E-state index is 10.6. The number of rotatable bonds is 0. The summed E-state index contributed by atoms with van der Waals surface area (Å²) in [6.45, 7) is 2.32. The third kappa shape index (κ3) is 1.99. The van der Waals surface area contributed by atoms with Crippen molar-refractivity contribution in [2.45, 2.75) is 55.0 Å². The van der Waals surface area contributed by atoms with Gasteiger partial charge in [0.05, 0.1) is 6.10 Å². The molecule has 0 spiro atoms. The molecule has 3 aliphatic carbocycles. The van der Waals surface area contributed by atoms with E-state index in [0.29, 0.717) is 21.5 Å². The first-order valence-electron chi connectivity index (χ1n) is 8.14. The van der Waals surface area contributed by atoms with Gasteiger partial charge in [-0.2, -0.15) is 0 Å². The molecule has 2 saturated carbocycles. The number of alkyl halides is 1. The zero-order valence-electron chi connectivity index (χ0n) is 12.4. The second-order valence-corrected chi connectivity index (χ2v) is 9.14. The van der Waals surface area contributed by atoms with Crippen molar-refractivity contribution in [3.63, 3.8) is 0 Å². The molecule has 4 rings (SSSR count). The number of benzene rings is 1. The van der Waals surface area contributed by atoms with Crippen LogP contribution in [0.25, 0.3) is 0 Å². The minimum absolute atomic E-state index is 0.126. The fraction of sp³-hybridized carbons (Fsp3) is 0.667. The van der Waals surface area contributed by atoms with Gasteiger partial charge in [-0.05, 0) is 78.5 Å². The molecule has 3 aliphatic rings. The Morgan fingerprint density at radius 3 is 2.90 bits per heavy atom. The van der Waals surface area contributed by atoms with Gasteiger partial charge in [-0.3, -0.25) is 0 Å². The first-order chi connectivity index (χ1) is 10.0. The summed E-state index contributed by atoms with van der Waals surface area (Å²) >= 11 is 2.46. The van der Waals surface area contributed by atoms with Crippen LogP contribution >= 0.6 is 22.6 Å². The van der Waals surface area contributed by atoms with E-state index < -0.39 is 0 Å². The SMILES string of the molecule is CC12CCC3c4ccc(O)cc4CCC3C1CC([123I])C2O. The van der Waals surface area contributed by atoms with E-state index >= 15 is 0 Å². The molecule has 21 heavy (non-hydrogen) atoms. The number of phenolic OH excluding ortho intramolecular Hbond substituents is 1. The number of aliphatic hydroxyl groups excluding tert-OH is 1. The Morgan fingerprint density at radius 2 is 2.10 bits per heavy atom. The topological polar surface area (TPSA) is 40.5 Å². The molecule has 2 fully saturated rings.